The molecule has 0 fully saturated rings. The minimum Gasteiger partial charge on any atom is -0.470 e. The normalized spacial score (nSPS) is 20.5. The maximum absolute atomic E-state index is 13.0. The number of Topliss-reactive ketones (excluding diaryl/α,β-unsaturated/α-hetero) is 1. The molecule has 1 aromatic rings. The molecule has 4 heteroatoms. The fourth-order valence-electron chi connectivity index (χ4n) is 1.12. The number of ketones is 1. The standard InChI is InChI=1S/C8H4BrFO2/c9-8-7(11)6-4(10)2-1-3-5(6)12-8/h1-3,8H/t8-/m0/s1. The number of halogens is 2. The first-order valence-corrected chi connectivity index (χ1v) is 4.25. The minimum atomic E-state index is -0.732. The molecule has 0 N–H and O–H groups in total. The van der Waals surface area contributed by atoms with Crippen molar-refractivity contribution in [1.82, 2.24) is 0 Å². The zero-order valence-corrected chi connectivity index (χ0v) is 7.47. The first-order chi connectivity index (χ1) is 5.70. The molecule has 12 heavy (non-hydrogen) atoms. The van der Waals surface area contributed by atoms with Crippen molar-refractivity contribution in [2.45, 2.75) is 5.01 Å². The van der Waals surface area contributed by atoms with E-state index in [0.29, 0.717) is 5.75 Å². The van der Waals surface area contributed by atoms with Gasteiger partial charge in [-0.2, -0.15) is 0 Å². The largest absolute Gasteiger partial charge is 0.470 e. The molecule has 0 amide bonds. The third kappa shape index (κ3) is 0.948. The molecule has 0 radical (unpaired) electrons. The first-order valence-electron chi connectivity index (χ1n) is 3.33. The first kappa shape index (κ1) is 7.73. The van der Waals surface area contributed by atoms with E-state index in [2.05, 4.69) is 15.9 Å². The summed E-state index contributed by atoms with van der Waals surface area (Å²) in [5.41, 5.74) is 0.0411. The topological polar surface area (TPSA) is 26.3 Å². The van der Waals surface area contributed by atoms with Crippen LogP contribution in [-0.2, 0) is 0 Å². The monoisotopic (exact) mass is 230 g/mol. The van der Waals surface area contributed by atoms with Gasteiger partial charge in [0.05, 0.1) is 0 Å². The van der Waals surface area contributed by atoms with Crippen LogP contribution < -0.4 is 4.74 Å². The second kappa shape index (κ2) is 2.55. The molecule has 0 bridgehead atoms. The van der Waals surface area contributed by atoms with Gasteiger partial charge in [0.1, 0.15) is 17.1 Å². The highest BCUT2D eigenvalue weighted by atomic mass is 79.9. The van der Waals surface area contributed by atoms with E-state index >= 15 is 0 Å². The van der Waals surface area contributed by atoms with Gasteiger partial charge in [-0.15, -0.1) is 0 Å². The lowest BCUT2D eigenvalue weighted by Gasteiger charge is -1.97. The van der Waals surface area contributed by atoms with E-state index in [-0.39, 0.29) is 11.3 Å². The number of hydrogen-bond acceptors (Lipinski definition) is 2. The third-order valence-electron chi connectivity index (χ3n) is 1.66. The summed E-state index contributed by atoms with van der Waals surface area (Å²) in [7, 11) is 0. The Morgan fingerprint density at radius 2 is 2.25 bits per heavy atom. The van der Waals surface area contributed by atoms with E-state index in [1.165, 1.54) is 12.1 Å². The highest BCUT2D eigenvalue weighted by Gasteiger charge is 2.32. The van der Waals surface area contributed by atoms with Crippen LogP contribution >= 0.6 is 15.9 Å². The summed E-state index contributed by atoms with van der Waals surface area (Å²) >= 11 is 2.98. The second-order valence-corrected chi connectivity index (χ2v) is 3.24. The number of fused-ring (bicyclic) bond motifs is 1. The lowest BCUT2D eigenvalue weighted by Crippen LogP contribution is -2.11. The number of carbonyl (C=O) groups excluding carboxylic acids is 1. The quantitative estimate of drug-likeness (QED) is 0.639. The zero-order chi connectivity index (χ0) is 8.72. The summed E-state index contributed by atoms with van der Waals surface area (Å²) in [6, 6.07) is 4.31. The molecule has 0 aliphatic carbocycles. The van der Waals surface area contributed by atoms with Crippen LogP contribution in [0.2, 0.25) is 0 Å². The molecule has 0 aromatic heterocycles. The fourth-order valence-corrected chi connectivity index (χ4v) is 1.55. The summed E-state index contributed by atoms with van der Waals surface area (Å²) in [4.78, 5) is 11.2. The minimum absolute atomic E-state index is 0.0411. The molecular formula is C8H4BrFO2. The van der Waals surface area contributed by atoms with Crippen molar-refractivity contribution >= 4 is 21.7 Å². The summed E-state index contributed by atoms with van der Waals surface area (Å²) in [5.74, 6) is -0.579. The Labute approximate surface area is 76.5 Å². The molecule has 2 rings (SSSR count). The van der Waals surface area contributed by atoms with E-state index in [1.54, 1.807) is 6.07 Å². The van der Waals surface area contributed by atoms with Gasteiger partial charge in [-0.3, -0.25) is 4.79 Å². The Morgan fingerprint density at radius 1 is 1.50 bits per heavy atom. The van der Waals surface area contributed by atoms with Gasteiger partial charge in [0.25, 0.3) is 0 Å². The average Bonchev–Trinajstić information content (AvgIpc) is 2.29. The fraction of sp³-hybridized carbons (Fsp3) is 0.125. The van der Waals surface area contributed by atoms with Crippen LogP contribution in [0, 0.1) is 5.82 Å². The predicted molar refractivity (Wildman–Crippen MR) is 44.1 cm³/mol. The Morgan fingerprint density at radius 3 is 2.92 bits per heavy atom. The molecule has 0 saturated heterocycles. The smallest absolute Gasteiger partial charge is 0.220 e. The van der Waals surface area contributed by atoms with Crippen LogP contribution in [0.25, 0.3) is 0 Å². The van der Waals surface area contributed by atoms with Gasteiger partial charge in [0.15, 0.2) is 0 Å². The van der Waals surface area contributed by atoms with Gasteiger partial charge < -0.3 is 4.74 Å². The van der Waals surface area contributed by atoms with E-state index < -0.39 is 10.8 Å². The van der Waals surface area contributed by atoms with E-state index in [0.717, 1.165) is 0 Å². The Kier molecular flexibility index (Phi) is 1.65. The maximum atomic E-state index is 13.0. The summed E-state index contributed by atoms with van der Waals surface area (Å²) in [6.45, 7) is 0. The van der Waals surface area contributed by atoms with Crippen LogP contribution in [0.3, 0.4) is 0 Å². The molecule has 0 saturated carbocycles. The lowest BCUT2D eigenvalue weighted by molar-refractivity contribution is 0.0939. The molecule has 2 nitrogen and oxygen atoms in total. The number of rotatable bonds is 0. The number of benzene rings is 1. The summed E-state index contributed by atoms with van der Waals surface area (Å²) < 4.78 is 18.0. The highest BCUT2D eigenvalue weighted by molar-refractivity contribution is 9.09. The maximum Gasteiger partial charge on any atom is 0.220 e. The van der Waals surface area contributed by atoms with Crippen molar-refractivity contribution in [3.63, 3.8) is 0 Å². The molecule has 0 unspecified atom stereocenters. The van der Waals surface area contributed by atoms with E-state index in [1.807, 2.05) is 0 Å². The molecular weight excluding hydrogens is 227 g/mol. The van der Waals surface area contributed by atoms with Gasteiger partial charge in [0, 0.05) is 0 Å². The summed E-state index contributed by atoms with van der Waals surface area (Å²) in [6.07, 6.45) is 0. The zero-order valence-electron chi connectivity index (χ0n) is 5.88. The lowest BCUT2D eigenvalue weighted by atomic mass is 10.1. The predicted octanol–water partition coefficient (Wildman–Crippen LogP) is 2.12. The number of hydrogen-bond donors (Lipinski definition) is 0. The van der Waals surface area contributed by atoms with Crippen molar-refractivity contribution in [2.24, 2.45) is 0 Å². The highest BCUT2D eigenvalue weighted by Crippen LogP contribution is 2.32. The van der Waals surface area contributed by atoms with Crippen molar-refractivity contribution in [3.05, 3.63) is 29.6 Å². The van der Waals surface area contributed by atoms with Gasteiger partial charge in [-0.1, -0.05) is 6.07 Å². The second-order valence-electron chi connectivity index (χ2n) is 2.41. The van der Waals surface area contributed by atoms with Gasteiger partial charge in [-0.25, -0.2) is 4.39 Å². The van der Waals surface area contributed by atoms with Crippen LogP contribution in [0.15, 0.2) is 18.2 Å². The molecule has 1 heterocycles. The Balaban J connectivity index is 2.62. The van der Waals surface area contributed by atoms with Crippen molar-refractivity contribution < 1.29 is 13.9 Å². The number of ether oxygens (including phenoxy) is 1. The van der Waals surface area contributed by atoms with Gasteiger partial charge >= 0.3 is 0 Å². The molecule has 0 spiro atoms. The Hall–Kier alpha value is -0.900. The van der Waals surface area contributed by atoms with Crippen LogP contribution in [-0.4, -0.2) is 10.8 Å². The molecule has 1 aliphatic heterocycles. The SMILES string of the molecule is O=C1c2c(F)cccc2O[C@@H]1Br. The number of carbonyl (C=O) groups is 1. The van der Waals surface area contributed by atoms with E-state index in [9.17, 15) is 9.18 Å². The van der Waals surface area contributed by atoms with Crippen LogP contribution in [0.4, 0.5) is 4.39 Å². The van der Waals surface area contributed by atoms with Crippen LogP contribution in [0.5, 0.6) is 5.75 Å². The molecule has 62 valence electrons. The van der Waals surface area contributed by atoms with Crippen molar-refractivity contribution in [1.29, 1.82) is 0 Å². The molecule has 1 aromatic carbocycles. The van der Waals surface area contributed by atoms with E-state index in [4.69, 9.17) is 4.74 Å². The Bertz CT molecular complexity index is 351. The number of alkyl halides is 1. The third-order valence-corrected chi connectivity index (χ3v) is 2.26. The van der Waals surface area contributed by atoms with Gasteiger partial charge in [0.2, 0.25) is 10.8 Å². The average molecular weight is 231 g/mol. The van der Waals surface area contributed by atoms with Gasteiger partial charge in [-0.05, 0) is 28.1 Å². The van der Waals surface area contributed by atoms with Crippen molar-refractivity contribution in [3.8, 4) is 5.75 Å². The molecule has 1 atom stereocenters. The van der Waals surface area contributed by atoms with Crippen LogP contribution in [0.1, 0.15) is 10.4 Å². The summed E-state index contributed by atoms with van der Waals surface area (Å²) in [5, 5.41) is -0.732. The van der Waals surface area contributed by atoms with Crippen molar-refractivity contribution in [2.75, 3.05) is 0 Å². The molecule has 1 aliphatic rings.